The van der Waals surface area contributed by atoms with Crippen LogP contribution in [0.1, 0.15) is 0 Å². The van der Waals surface area contributed by atoms with Crippen LogP contribution in [0, 0.1) is 0 Å². The molecule has 0 spiro atoms. The van der Waals surface area contributed by atoms with Crippen LogP contribution in [0.3, 0.4) is 0 Å². The average Bonchev–Trinajstić information content (AvgIpc) is 2.19. The summed E-state index contributed by atoms with van der Waals surface area (Å²) in [5, 5.41) is 1.15. The number of hydrogen-bond acceptors (Lipinski definition) is 2. The first kappa shape index (κ1) is 13.6. The Balaban J connectivity index is 2.91. The molecule has 0 aliphatic heterocycles. The van der Waals surface area contributed by atoms with Crippen LogP contribution in [0.5, 0.6) is 0 Å². The maximum atomic E-state index is 12.5. The van der Waals surface area contributed by atoms with E-state index < -0.39 is 23.7 Å². The molecule has 3 nitrogen and oxygen atoms in total. The molecule has 0 atom stereocenters. The van der Waals surface area contributed by atoms with Crippen LogP contribution in [0.15, 0.2) is 18.5 Å². The largest absolute Gasteiger partial charge is 0.463 e. The first-order valence-corrected chi connectivity index (χ1v) is 4.39. The molecule has 1 aromatic rings. The van der Waals surface area contributed by atoms with Gasteiger partial charge in [0.05, 0.1) is 16.9 Å². The number of nitrogens with one attached hydrogen (secondary N) is 1. The molecule has 0 bridgehead atoms. The lowest BCUT2D eigenvalue weighted by atomic mass is 10.3. The third-order valence-electron chi connectivity index (χ3n) is 1.66. The fourth-order valence-corrected chi connectivity index (χ4v) is 0.951. The van der Waals surface area contributed by atoms with E-state index in [-0.39, 0.29) is 5.02 Å². The number of pyridine rings is 1. The lowest BCUT2D eigenvalue weighted by Crippen LogP contribution is -2.47. The van der Waals surface area contributed by atoms with E-state index in [2.05, 4.69) is 4.98 Å². The van der Waals surface area contributed by atoms with E-state index in [0.717, 1.165) is 12.3 Å². The van der Waals surface area contributed by atoms with Gasteiger partial charge in [0, 0.05) is 6.20 Å². The third kappa shape index (κ3) is 2.82. The molecular formula is C8H4ClF5N2O. The predicted molar refractivity (Wildman–Crippen MR) is 48.9 cm³/mol. The van der Waals surface area contributed by atoms with E-state index in [1.807, 2.05) is 0 Å². The molecule has 0 radical (unpaired) electrons. The van der Waals surface area contributed by atoms with Gasteiger partial charge in [-0.15, -0.1) is 0 Å². The van der Waals surface area contributed by atoms with Crippen LogP contribution in [0.2, 0.25) is 5.02 Å². The van der Waals surface area contributed by atoms with Gasteiger partial charge in [-0.25, -0.2) is 0 Å². The molecule has 0 fully saturated rings. The first-order chi connectivity index (χ1) is 7.66. The number of anilines is 1. The van der Waals surface area contributed by atoms with Crippen LogP contribution in [-0.2, 0) is 4.79 Å². The normalized spacial score (nSPS) is 12.4. The molecule has 0 saturated carbocycles. The van der Waals surface area contributed by atoms with Crippen molar-refractivity contribution in [3.8, 4) is 0 Å². The van der Waals surface area contributed by atoms with Crippen molar-refractivity contribution in [1.82, 2.24) is 4.98 Å². The Bertz CT molecular complexity index is 434. The number of carbonyl (C=O) groups is 1. The molecular weight excluding hydrogens is 271 g/mol. The van der Waals surface area contributed by atoms with Gasteiger partial charge in [-0.2, -0.15) is 22.0 Å². The number of hydrogen-bond donors (Lipinski definition) is 1. The lowest BCUT2D eigenvalue weighted by molar-refractivity contribution is -0.267. The fraction of sp³-hybridized carbons (Fsp3) is 0.250. The maximum Gasteiger partial charge on any atom is 0.463 e. The summed E-state index contributed by atoms with van der Waals surface area (Å²) in [5.74, 6) is -8.01. The van der Waals surface area contributed by atoms with E-state index in [1.165, 1.54) is 11.5 Å². The Morgan fingerprint density at radius 1 is 1.29 bits per heavy atom. The second-order valence-corrected chi connectivity index (χ2v) is 3.29. The summed E-state index contributed by atoms with van der Waals surface area (Å²) in [5.41, 5.74) is -0.428. The molecule has 1 aromatic heterocycles. The van der Waals surface area contributed by atoms with Gasteiger partial charge in [0.15, 0.2) is 0 Å². The van der Waals surface area contributed by atoms with Crippen LogP contribution in [-0.4, -0.2) is 23.0 Å². The Morgan fingerprint density at radius 3 is 2.35 bits per heavy atom. The van der Waals surface area contributed by atoms with E-state index >= 15 is 0 Å². The number of halogens is 6. The number of carbonyl (C=O) groups excluding carboxylic acids is 1. The van der Waals surface area contributed by atoms with Crippen LogP contribution in [0.25, 0.3) is 0 Å². The van der Waals surface area contributed by atoms with Crippen LogP contribution >= 0.6 is 11.6 Å². The van der Waals surface area contributed by atoms with Crippen molar-refractivity contribution in [2.45, 2.75) is 12.1 Å². The zero-order chi connectivity index (χ0) is 13.3. The minimum atomic E-state index is -5.97. The second-order valence-electron chi connectivity index (χ2n) is 2.88. The van der Waals surface area contributed by atoms with Crippen LogP contribution < -0.4 is 5.32 Å². The number of amides is 1. The van der Waals surface area contributed by atoms with E-state index in [0.29, 0.717) is 0 Å². The Hall–Kier alpha value is -1.44. The molecule has 1 N–H and O–H groups in total. The quantitative estimate of drug-likeness (QED) is 0.843. The van der Waals surface area contributed by atoms with Crippen molar-refractivity contribution < 1.29 is 26.7 Å². The molecule has 17 heavy (non-hydrogen) atoms. The van der Waals surface area contributed by atoms with Crippen molar-refractivity contribution in [2.75, 3.05) is 5.32 Å². The Morgan fingerprint density at radius 2 is 1.88 bits per heavy atom. The van der Waals surface area contributed by atoms with Crippen molar-refractivity contribution in [2.24, 2.45) is 0 Å². The van der Waals surface area contributed by atoms with E-state index in [4.69, 9.17) is 11.6 Å². The molecule has 0 aliphatic rings. The lowest BCUT2D eigenvalue weighted by Gasteiger charge is -2.18. The highest BCUT2D eigenvalue weighted by Gasteiger charge is 2.63. The summed E-state index contributed by atoms with van der Waals surface area (Å²) in [6.07, 6.45) is -3.93. The van der Waals surface area contributed by atoms with Crippen molar-refractivity contribution >= 4 is 23.2 Å². The Labute approximate surface area is 96.6 Å². The van der Waals surface area contributed by atoms with Crippen molar-refractivity contribution in [3.63, 3.8) is 0 Å². The van der Waals surface area contributed by atoms with Gasteiger partial charge >= 0.3 is 18.0 Å². The third-order valence-corrected chi connectivity index (χ3v) is 1.99. The van der Waals surface area contributed by atoms with Gasteiger partial charge in [0.25, 0.3) is 0 Å². The second kappa shape index (κ2) is 4.44. The number of rotatable bonds is 2. The van der Waals surface area contributed by atoms with Gasteiger partial charge < -0.3 is 5.32 Å². The molecule has 0 unspecified atom stereocenters. The Kier molecular flexibility index (Phi) is 3.56. The summed E-state index contributed by atoms with van der Waals surface area (Å²) in [6.45, 7) is 0. The summed E-state index contributed by atoms with van der Waals surface area (Å²) in [6, 6.07) is 1.13. The molecule has 9 heteroatoms. The molecule has 1 rings (SSSR count). The zero-order valence-electron chi connectivity index (χ0n) is 7.86. The standard InChI is InChI=1S/C8H4ClF5N2O/c9-4-1-2-15-3-5(4)16-6(17)7(10,11)8(12,13)14/h1-3H,(H,16,17). The summed E-state index contributed by atoms with van der Waals surface area (Å²) < 4.78 is 60.6. The van der Waals surface area contributed by atoms with Crippen molar-refractivity contribution in [1.29, 1.82) is 0 Å². The topological polar surface area (TPSA) is 42.0 Å². The smallest absolute Gasteiger partial charge is 0.318 e. The van der Waals surface area contributed by atoms with Crippen molar-refractivity contribution in [3.05, 3.63) is 23.5 Å². The number of alkyl halides is 5. The van der Waals surface area contributed by atoms with Gasteiger partial charge in [0.1, 0.15) is 0 Å². The number of nitrogens with zero attached hydrogens (tertiary/aromatic N) is 1. The van der Waals surface area contributed by atoms with E-state index in [9.17, 15) is 26.7 Å². The minimum Gasteiger partial charge on any atom is -0.318 e. The summed E-state index contributed by atoms with van der Waals surface area (Å²) in [4.78, 5) is 14.2. The summed E-state index contributed by atoms with van der Waals surface area (Å²) in [7, 11) is 0. The maximum absolute atomic E-state index is 12.5. The molecule has 0 aliphatic carbocycles. The zero-order valence-corrected chi connectivity index (χ0v) is 8.61. The molecule has 0 saturated heterocycles. The molecule has 94 valence electrons. The predicted octanol–water partition coefficient (Wildman–Crippen LogP) is 2.87. The van der Waals surface area contributed by atoms with Gasteiger partial charge in [-0.3, -0.25) is 9.78 Å². The highest BCUT2D eigenvalue weighted by atomic mass is 35.5. The molecule has 1 amide bonds. The summed E-state index contributed by atoms with van der Waals surface area (Å²) >= 11 is 5.45. The average molecular weight is 275 g/mol. The first-order valence-electron chi connectivity index (χ1n) is 4.02. The highest BCUT2D eigenvalue weighted by molar-refractivity contribution is 6.33. The van der Waals surface area contributed by atoms with Gasteiger partial charge in [0.2, 0.25) is 0 Å². The number of aromatic nitrogens is 1. The fourth-order valence-electron chi connectivity index (χ4n) is 0.799. The molecule has 0 aromatic carbocycles. The van der Waals surface area contributed by atoms with Crippen LogP contribution in [0.4, 0.5) is 27.6 Å². The molecule has 1 heterocycles. The minimum absolute atomic E-state index is 0.202. The monoisotopic (exact) mass is 274 g/mol. The van der Waals surface area contributed by atoms with Gasteiger partial charge in [-0.05, 0) is 6.07 Å². The SMILES string of the molecule is O=C(Nc1cnccc1Cl)C(F)(F)C(F)(F)F. The highest BCUT2D eigenvalue weighted by Crippen LogP contribution is 2.36. The van der Waals surface area contributed by atoms with Gasteiger partial charge in [-0.1, -0.05) is 11.6 Å². The van der Waals surface area contributed by atoms with E-state index in [1.54, 1.807) is 0 Å².